The summed E-state index contributed by atoms with van der Waals surface area (Å²) in [5.74, 6) is -0.352. The number of benzene rings is 3. The highest BCUT2D eigenvalue weighted by molar-refractivity contribution is 6.04. The number of urea groups is 1. The fourth-order valence-electron chi connectivity index (χ4n) is 3.87. The summed E-state index contributed by atoms with van der Waals surface area (Å²) in [5, 5.41) is 5.49. The lowest BCUT2D eigenvalue weighted by atomic mass is 9.72. The SMILES string of the molecule is COc1cc(C(C)=O)c(C(C)(C(N)=O)c2ccccc2NC(=O)Nc2ccc(N)cc2)cc1OC. The van der Waals surface area contributed by atoms with Crippen LogP contribution in [-0.2, 0) is 10.2 Å². The van der Waals surface area contributed by atoms with E-state index < -0.39 is 17.4 Å². The monoisotopic (exact) mass is 476 g/mol. The van der Waals surface area contributed by atoms with Crippen LogP contribution in [-0.4, -0.2) is 31.9 Å². The molecule has 0 aromatic heterocycles. The van der Waals surface area contributed by atoms with Gasteiger partial charge in [-0.25, -0.2) is 4.79 Å². The first-order valence-electron chi connectivity index (χ1n) is 10.7. The molecule has 0 radical (unpaired) electrons. The number of nitrogen functional groups attached to an aromatic ring is 1. The molecule has 3 amide bonds. The number of carbonyl (C=O) groups is 3. The number of rotatable bonds is 8. The zero-order chi connectivity index (χ0) is 25.8. The molecule has 0 saturated carbocycles. The molecule has 1 atom stereocenters. The van der Waals surface area contributed by atoms with E-state index in [0.717, 1.165) is 0 Å². The Hall–Kier alpha value is -4.53. The summed E-state index contributed by atoms with van der Waals surface area (Å²) in [5.41, 5.74) is 12.5. The number of methoxy groups -OCH3 is 2. The summed E-state index contributed by atoms with van der Waals surface area (Å²) in [6.07, 6.45) is 0. The average molecular weight is 477 g/mol. The molecular formula is C26H28N4O5. The summed E-state index contributed by atoms with van der Waals surface area (Å²) in [6.45, 7) is 2.98. The van der Waals surface area contributed by atoms with Gasteiger partial charge in [-0.1, -0.05) is 18.2 Å². The molecular weight excluding hydrogens is 448 g/mol. The quantitative estimate of drug-likeness (QED) is 0.286. The first-order chi connectivity index (χ1) is 16.6. The van der Waals surface area contributed by atoms with Gasteiger partial charge in [0, 0.05) is 22.6 Å². The lowest BCUT2D eigenvalue weighted by molar-refractivity contribution is -0.121. The van der Waals surface area contributed by atoms with Crippen molar-refractivity contribution in [1.82, 2.24) is 0 Å². The Kier molecular flexibility index (Phi) is 7.29. The van der Waals surface area contributed by atoms with Crippen LogP contribution in [0.25, 0.3) is 0 Å². The highest BCUT2D eigenvalue weighted by Crippen LogP contribution is 2.42. The zero-order valence-corrected chi connectivity index (χ0v) is 20.0. The number of Topliss-reactive ketones (excluding diaryl/α,β-unsaturated/α-hetero) is 1. The van der Waals surface area contributed by atoms with Gasteiger partial charge in [0.15, 0.2) is 17.3 Å². The molecule has 3 aromatic rings. The summed E-state index contributed by atoms with van der Waals surface area (Å²) >= 11 is 0. The molecule has 35 heavy (non-hydrogen) atoms. The third-order valence-electron chi connectivity index (χ3n) is 5.82. The van der Waals surface area contributed by atoms with Crippen LogP contribution >= 0.6 is 0 Å². The van der Waals surface area contributed by atoms with E-state index in [4.69, 9.17) is 20.9 Å². The van der Waals surface area contributed by atoms with Crippen molar-refractivity contribution in [3.05, 3.63) is 77.4 Å². The van der Waals surface area contributed by atoms with Gasteiger partial charge in [0.05, 0.1) is 19.6 Å². The van der Waals surface area contributed by atoms with E-state index in [1.54, 1.807) is 61.5 Å². The normalized spacial score (nSPS) is 12.2. The van der Waals surface area contributed by atoms with Crippen molar-refractivity contribution in [2.24, 2.45) is 5.73 Å². The maximum absolute atomic E-state index is 13.0. The molecule has 0 heterocycles. The molecule has 1 unspecified atom stereocenters. The predicted octanol–water partition coefficient (Wildman–Crippen LogP) is 3.92. The van der Waals surface area contributed by atoms with Gasteiger partial charge < -0.3 is 31.6 Å². The second kappa shape index (κ2) is 10.2. The molecule has 182 valence electrons. The minimum absolute atomic E-state index is 0.241. The number of amides is 3. The molecule has 9 nitrogen and oxygen atoms in total. The Morgan fingerprint density at radius 1 is 0.857 bits per heavy atom. The second-order valence-corrected chi connectivity index (χ2v) is 8.04. The molecule has 0 bridgehead atoms. The standard InChI is InChI=1S/C26H28N4O5/c1-15(31)18-13-22(34-3)23(35-4)14-20(18)26(2,24(28)32)19-7-5-6-8-21(19)30-25(33)29-17-11-9-16(27)10-12-17/h5-14H,27H2,1-4H3,(H2,28,32)(H2,29,30,33). The number of nitrogens with one attached hydrogen (secondary N) is 2. The second-order valence-electron chi connectivity index (χ2n) is 8.04. The Bertz CT molecular complexity index is 1270. The first kappa shape index (κ1) is 25.1. The molecule has 0 aliphatic carbocycles. The van der Waals surface area contributed by atoms with Gasteiger partial charge in [-0.3, -0.25) is 9.59 Å². The van der Waals surface area contributed by atoms with Crippen LogP contribution in [0.1, 0.15) is 35.3 Å². The number of hydrogen-bond acceptors (Lipinski definition) is 6. The molecule has 0 aliphatic rings. The summed E-state index contributed by atoms with van der Waals surface area (Å²) in [7, 11) is 2.90. The van der Waals surface area contributed by atoms with E-state index in [9.17, 15) is 14.4 Å². The van der Waals surface area contributed by atoms with E-state index in [2.05, 4.69) is 10.6 Å². The number of ketones is 1. The zero-order valence-electron chi connectivity index (χ0n) is 20.0. The van der Waals surface area contributed by atoms with Crippen LogP contribution in [0.2, 0.25) is 0 Å². The number of primary amides is 1. The van der Waals surface area contributed by atoms with Gasteiger partial charge in [0.2, 0.25) is 5.91 Å². The van der Waals surface area contributed by atoms with Gasteiger partial charge in [0.25, 0.3) is 0 Å². The van der Waals surface area contributed by atoms with E-state index in [0.29, 0.717) is 39.7 Å². The van der Waals surface area contributed by atoms with Crippen LogP contribution in [0.5, 0.6) is 11.5 Å². The van der Waals surface area contributed by atoms with Crippen molar-refractivity contribution in [2.75, 3.05) is 30.6 Å². The Morgan fingerprint density at radius 3 is 2.03 bits per heavy atom. The molecule has 0 saturated heterocycles. The van der Waals surface area contributed by atoms with Crippen molar-refractivity contribution in [1.29, 1.82) is 0 Å². The van der Waals surface area contributed by atoms with E-state index in [1.165, 1.54) is 27.2 Å². The maximum Gasteiger partial charge on any atom is 0.323 e. The van der Waals surface area contributed by atoms with E-state index >= 15 is 0 Å². The van der Waals surface area contributed by atoms with Crippen LogP contribution in [0.15, 0.2) is 60.7 Å². The first-order valence-corrected chi connectivity index (χ1v) is 10.7. The molecule has 0 spiro atoms. The molecule has 0 aliphatic heterocycles. The lowest BCUT2D eigenvalue weighted by Crippen LogP contribution is -2.41. The van der Waals surface area contributed by atoms with Crippen LogP contribution in [0, 0.1) is 0 Å². The Labute approximate surface area is 203 Å². The van der Waals surface area contributed by atoms with Gasteiger partial charge >= 0.3 is 6.03 Å². The summed E-state index contributed by atoms with van der Waals surface area (Å²) < 4.78 is 10.7. The van der Waals surface area contributed by atoms with Crippen molar-refractivity contribution < 1.29 is 23.9 Å². The largest absolute Gasteiger partial charge is 0.493 e. The summed E-state index contributed by atoms with van der Waals surface area (Å²) in [4.78, 5) is 38.3. The smallest absolute Gasteiger partial charge is 0.323 e. The maximum atomic E-state index is 13.0. The molecule has 0 fully saturated rings. The van der Waals surface area contributed by atoms with E-state index in [-0.39, 0.29) is 11.3 Å². The van der Waals surface area contributed by atoms with Crippen LogP contribution < -0.4 is 31.6 Å². The summed E-state index contributed by atoms with van der Waals surface area (Å²) in [6, 6.07) is 15.9. The number of hydrogen-bond donors (Lipinski definition) is 4. The van der Waals surface area contributed by atoms with Gasteiger partial charge in [-0.05, 0) is 67.4 Å². The third kappa shape index (κ3) is 5.03. The van der Waals surface area contributed by atoms with Crippen molar-refractivity contribution in [3.8, 4) is 11.5 Å². The third-order valence-corrected chi connectivity index (χ3v) is 5.82. The number of anilines is 3. The van der Waals surface area contributed by atoms with Crippen LogP contribution in [0.3, 0.4) is 0 Å². The predicted molar refractivity (Wildman–Crippen MR) is 135 cm³/mol. The van der Waals surface area contributed by atoms with Crippen molar-refractivity contribution in [2.45, 2.75) is 19.3 Å². The topological polar surface area (TPSA) is 146 Å². The Balaban J connectivity index is 2.12. The van der Waals surface area contributed by atoms with Crippen LogP contribution in [0.4, 0.5) is 21.9 Å². The van der Waals surface area contributed by atoms with Gasteiger partial charge in [0.1, 0.15) is 0 Å². The fourth-order valence-corrected chi connectivity index (χ4v) is 3.87. The fraction of sp³-hybridized carbons (Fsp3) is 0.192. The number of nitrogens with two attached hydrogens (primary N) is 2. The minimum Gasteiger partial charge on any atom is -0.493 e. The number of ether oxygens (including phenoxy) is 2. The minimum atomic E-state index is -1.51. The molecule has 3 aromatic carbocycles. The highest BCUT2D eigenvalue weighted by Gasteiger charge is 2.40. The van der Waals surface area contributed by atoms with Gasteiger partial charge in [-0.2, -0.15) is 0 Å². The van der Waals surface area contributed by atoms with E-state index in [1.807, 2.05) is 0 Å². The highest BCUT2D eigenvalue weighted by atomic mass is 16.5. The van der Waals surface area contributed by atoms with Crippen molar-refractivity contribution >= 4 is 34.8 Å². The van der Waals surface area contributed by atoms with Crippen molar-refractivity contribution in [3.63, 3.8) is 0 Å². The Morgan fingerprint density at radius 2 is 1.46 bits per heavy atom. The average Bonchev–Trinajstić information content (AvgIpc) is 2.84. The molecule has 6 N–H and O–H groups in total. The number of carbonyl (C=O) groups excluding carboxylic acids is 3. The number of para-hydroxylation sites is 1. The lowest BCUT2D eigenvalue weighted by Gasteiger charge is -2.31. The molecule has 3 rings (SSSR count). The van der Waals surface area contributed by atoms with Gasteiger partial charge in [-0.15, -0.1) is 0 Å². The molecule has 9 heteroatoms.